The molecule has 4 aromatic rings. The molecule has 4 aromatic carbocycles. The van der Waals surface area contributed by atoms with Crippen molar-refractivity contribution in [3.8, 4) is 5.75 Å². The molecule has 0 bridgehead atoms. The third kappa shape index (κ3) is 5.97. The smallest absolute Gasteiger partial charge is 0.269 e. The van der Waals surface area contributed by atoms with Crippen LogP contribution in [0.3, 0.4) is 0 Å². The second-order valence-corrected chi connectivity index (χ2v) is 8.54. The zero-order valence-electron chi connectivity index (χ0n) is 18.3. The van der Waals surface area contributed by atoms with E-state index in [4.69, 9.17) is 27.9 Å². The molecule has 0 fully saturated rings. The number of non-ortho nitro benzene ring substituents is 1. The molecule has 0 amide bonds. The van der Waals surface area contributed by atoms with Crippen LogP contribution in [0.1, 0.15) is 11.1 Å². The van der Waals surface area contributed by atoms with Gasteiger partial charge in [-0.25, -0.2) is 0 Å². The first-order valence-electron chi connectivity index (χ1n) is 10.8. The molecule has 0 aliphatic rings. The third-order valence-electron chi connectivity index (χ3n) is 5.41. The first kappa shape index (κ1) is 23.8. The van der Waals surface area contributed by atoms with Crippen LogP contribution in [0.2, 0.25) is 10.0 Å². The number of anilines is 1. The molecular formula is C26H23Cl2N3O3. The molecule has 0 radical (unpaired) electrons. The molecule has 0 heterocycles. The van der Waals surface area contributed by atoms with E-state index in [1.54, 1.807) is 24.3 Å². The molecule has 34 heavy (non-hydrogen) atoms. The zero-order valence-corrected chi connectivity index (χ0v) is 19.8. The van der Waals surface area contributed by atoms with E-state index >= 15 is 0 Å². The molecule has 2 N–H and O–H groups in total. The lowest BCUT2D eigenvalue weighted by molar-refractivity contribution is -0.384. The predicted molar refractivity (Wildman–Crippen MR) is 138 cm³/mol. The maximum Gasteiger partial charge on any atom is 0.269 e. The van der Waals surface area contributed by atoms with Gasteiger partial charge >= 0.3 is 0 Å². The van der Waals surface area contributed by atoms with E-state index in [0.717, 1.165) is 33.3 Å². The maximum absolute atomic E-state index is 10.8. The number of rotatable bonds is 10. The summed E-state index contributed by atoms with van der Waals surface area (Å²) in [6.07, 6.45) is 0. The SMILES string of the molecule is O=[N+]([O-])c1ccc(NCCNCc2c(OCc3ccc(Cl)cc3Cl)ccc3ccccc23)cc1. The van der Waals surface area contributed by atoms with E-state index in [0.29, 0.717) is 36.3 Å². The van der Waals surface area contributed by atoms with Crippen LogP contribution in [0.5, 0.6) is 5.75 Å². The van der Waals surface area contributed by atoms with Crippen LogP contribution >= 0.6 is 23.2 Å². The van der Waals surface area contributed by atoms with Crippen LogP contribution in [0.15, 0.2) is 78.9 Å². The van der Waals surface area contributed by atoms with Gasteiger partial charge in [0.05, 0.1) is 4.92 Å². The van der Waals surface area contributed by atoms with Crippen molar-refractivity contribution in [3.63, 3.8) is 0 Å². The summed E-state index contributed by atoms with van der Waals surface area (Å²) < 4.78 is 6.17. The first-order chi connectivity index (χ1) is 16.5. The Morgan fingerprint density at radius 2 is 1.71 bits per heavy atom. The van der Waals surface area contributed by atoms with Gasteiger partial charge in [-0.1, -0.05) is 59.6 Å². The van der Waals surface area contributed by atoms with Crippen LogP contribution in [0.4, 0.5) is 11.4 Å². The number of hydrogen-bond donors (Lipinski definition) is 2. The lowest BCUT2D eigenvalue weighted by Gasteiger charge is -2.16. The summed E-state index contributed by atoms with van der Waals surface area (Å²) >= 11 is 12.3. The standard InChI is InChI=1S/C26H23Cl2N3O3/c27-20-7-5-19(25(28)15-20)17-34-26-12-6-18-3-1-2-4-23(18)24(26)16-29-13-14-30-21-8-10-22(11-9-21)31(32)33/h1-12,15,29-30H,13-14,16-17H2. The minimum absolute atomic E-state index is 0.0760. The van der Waals surface area contributed by atoms with E-state index in [2.05, 4.69) is 22.8 Å². The zero-order chi connectivity index (χ0) is 23.9. The Morgan fingerprint density at radius 3 is 2.47 bits per heavy atom. The van der Waals surface area contributed by atoms with Crippen molar-refractivity contribution in [2.45, 2.75) is 13.2 Å². The fourth-order valence-corrected chi connectivity index (χ4v) is 4.10. The maximum atomic E-state index is 10.8. The molecular weight excluding hydrogens is 473 g/mol. The summed E-state index contributed by atoms with van der Waals surface area (Å²) in [5.41, 5.74) is 2.84. The van der Waals surface area contributed by atoms with Crippen molar-refractivity contribution in [2.75, 3.05) is 18.4 Å². The number of nitro groups is 1. The van der Waals surface area contributed by atoms with E-state index in [-0.39, 0.29) is 5.69 Å². The fourth-order valence-electron chi connectivity index (χ4n) is 3.64. The molecule has 6 nitrogen and oxygen atoms in total. The summed E-state index contributed by atoms with van der Waals surface area (Å²) in [7, 11) is 0. The summed E-state index contributed by atoms with van der Waals surface area (Å²) in [5.74, 6) is 0.792. The number of benzene rings is 4. The Labute approximate surface area is 207 Å². The molecule has 0 unspecified atom stereocenters. The summed E-state index contributed by atoms with van der Waals surface area (Å²) in [6, 6.07) is 24.0. The topological polar surface area (TPSA) is 76.4 Å². The van der Waals surface area contributed by atoms with Crippen molar-refractivity contribution >= 4 is 45.3 Å². The van der Waals surface area contributed by atoms with Crippen molar-refractivity contribution in [2.24, 2.45) is 0 Å². The highest BCUT2D eigenvalue weighted by Gasteiger charge is 2.11. The number of hydrogen-bond acceptors (Lipinski definition) is 5. The van der Waals surface area contributed by atoms with E-state index in [1.165, 1.54) is 12.1 Å². The Morgan fingerprint density at radius 1 is 0.912 bits per heavy atom. The molecule has 0 atom stereocenters. The Kier molecular flexibility index (Phi) is 7.85. The molecule has 0 saturated carbocycles. The minimum Gasteiger partial charge on any atom is -0.488 e. The largest absolute Gasteiger partial charge is 0.488 e. The molecule has 0 aromatic heterocycles. The Balaban J connectivity index is 1.40. The molecule has 4 rings (SSSR count). The van der Waals surface area contributed by atoms with Crippen molar-refractivity contribution in [3.05, 3.63) is 110 Å². The van der Waals surface area contributed by atoms with Crippen LogP contribution in [-0.2, 0) is 13.2 Å². The molecule has 174 valence electrons. The van der Waals surface area contributed by atoms with Gasteiger partial charge < -0.3 is 15.4 Å². The van der Waals surface area contributed by atoms with E-state index in [9.17, 15) is 10.1 Å². The van der Waals surface area contributed by atoms with Gasteiger partial charge in [0.25, 0.3) is 5.69 Å². The molecule has 0 aliphatic carbocycles. The van der Waals surface area contributed by atoms with Gasteiger partial charge in [-0.2, -0.15) is 0 Å². The number of fused-ring (bicyclic) bond motifs is 1. The highest BCUT2D eigenvalue weighted by molar-refractivity contribution is 6.35. The Bertz CT molecular complexity index is 1300. The van der Waals surface area contributed by atoms with Gasteiger partial charge in [-0.05, 0) is 41.1 Å². The molecule has 8 heteroatoms. The van der Waals surface area contributed by atoms with Gasteiger partial charge in [0.1, 0.15) is 12.4 Å². The lowest BCUT2D eigenvalue weighted by Crippen LogP contribution is -2.22. The van der Waals surface area contributed by atoms with Crippen LogP contribution in [-0.4, -0.2) is 18.0 Å². The summed E-state index contributed by atoms with van der Waals surface area (Å²) in [5, 5.41) is 20.9. The number of halogens is 2. The Hall–Kier alpha value is -3.32. The summed E-state index contributed by atoms with van der Waals surface area (Å²) in [4.78, 5) is 10.4. The minimum atomic E-state index is -0.407. The first-order valence-corrected chi connectivity index (χ1v) is 11.5. The van der Waals surface area contributed by atoms with Gasteiger partial charge in [-0.15, -0.1) is 0 Å². The summed E-state index contributed by atoms with van der Waals surface area (Å²) in [6.45, 7) is 2.32. The van der Waals surface area contributed by atoms with E-state index in [1.807, 2.05) is 30.3 Å². The monoisotopic (exact) mass is 495 g/mol. The molecule has 0 spiro atoms. The highest BCUT2D eigenvalue weighted by atomic mass is 35.5. The second kappa shape index (κ2) is 11.2. The average Bonchev–Trinajstić information content (AvgIpc) is 2.84. The van der Waals surface area contributed by atoms with Gasteiger partial charge in [-0.3, -0.25) is 10.1 Å². The van der Waals surface area contributed by atoms with Gasteiger partial charge in [0, 0.05) is 58.6 Å². The van der Waals surface area contributed by atoms with Gasteiger partial charge in [0.2, 0.25) is 0 Å². The highest BCUT2D eigenvalue weighted by Crippen LogP contribution is 2.30. The molecule has 0 aliphatic heterocycles. The number of nitrogens with zero attached hydrogens (tertiary/aromatic N) is 1. The lowest BCUT2D eigenvalue weighted by atomic mass is 10.0. The average molecular weight is 496 g/mol. The molecule has 0 saturated heterocycles. The van der Waals surface area contributed by atoms with E-state index < -0.39 is 4.92 Å². The number of nitrogens with one attached hydrogen (secondary N) is 2. The normalized spacial score (nSPS) is 10.9. The van der Waals surface area contributed by atoms with Crippen LogP contribution in [0.25, 0.3) is 10.8 Å². The quantitative estimate of drug-likeness (QED) is 0.143. The van der Waals surface area contributed by atoms with Crippen molar-refractivity contribution in [1.29, 1.82) is 0 Å². The van der Waals surface area contributed by atoms with Gasteiger partial charge in [0.15, 0.2) is 0 Å². The van der Waals surface area contributed by atoms with Crippen LogP contribution < -0.4 is 15.4 Å². The third-order valence-corrected chi connectivity index (χ3v) is 5.99. The fraction of sp³-hybridized carbons (Fsp3) is 0.154. The predicted octanol–water partition coefficient (Wildman–Crippen LogP) is 6.84. The number of ether oxygens (including phenoxy) is 1. The van der Waals surface area contributed by atoms with Crippen molar-refractivity contribution < 1.29 is 9.66 Å². The van der Waals surface area contributed by atoms with Crippen LogP contribution in [0, 0.1) is 10.1 Å². The second-order valence-electron chi connectivity index (χ2n) is 7.70. The van der Waals surface area contributed by atoms with Crippen molar-refractivity contribution in [1.82, 2.24) is 5.32 Å². The number of nitro benzene ring substituents is 1.